The van der Waals surface area contributed by atoms with E-state index in [1.54, 1.807) is 10.9 Å². The first-order valence-electron chi connectivity index (χ1n) is 9.99. The molecule has 1 atom stereocenters. The maximum absolute atomic E-state index is 12.7. The van der Waals surface area contributed by atoms with Gasteiger partial charge in [0.2, 0.25) is 0 Å². The predicted octanol–water partition coefficient (Wildman–Crippen LogP) is 1.29. The molecular weight excluding hydrogens is 358 g/mol. The summed E-state index contributed by atoms with van der Waals surface area (Å²) in [5.74, 6) is 0.848. The molecule has 28 heavy (non-hydrogen) atoms. The quantitative estimate of drug-likeness (QED) is 0.715. The molecule has 2 aromatic rings. The van der Waals surface area contributed by atoms with Crippen molar-refractivity contribution in [2.24, 2.45) is 0 Å². The SMILES string of the molecule is O=C(c1cn(CC2CCCO2)nn1)N1CCN(CCOc2ccccc2)CC1. The van der Waals surface area contributed by atoms with Crippen LogP contribution in [0.15, 0.2) is 36.5 Å². The van der Waals surface area contributed by atoms with E-state index >= 15 is 0 Å². The molecule has 1 unspecified atom stereocenters. The molecule has 1 aromatic carbocycles. The smallest absolute Gasteiger partial charge is 0.276 e. The van der Waals surface area contributed by atoms with Crippen LogP contribution >= 0.6 is 0 Å². The number of para-hydroxylation sites is 1. The Labute approximate surface area is 165 Å². The molecule has 0 radical (unpaired) electrons. The van der Waals surface area contributed by atoms with Gasteiger partial charge in [0, 0.05) is 39.3 Å². The molecule has 3 heterocycles. The Bertz CT molecular complexity index is 752. The van der Waals surface area contributed by atoms with Gasteiger partial charge in [-0.3, -0.25) is 9.69 Å². The Kier molecular flexibility index (Phi) is 6.18. The average molecular weight is 385 g/mol. The summed E-state index contributed by atoms with van der Waals surface area (Å²) in [7, 11) is 0. The molecule has 0 saturated carbocycles. The average Bonchev–Trinajstić information content (AvgIpc) is 3.41. The molecule has 0 aliphatic carbocycles. The number of hydrogen-bond donors (Lipinski definition) is 0. The molecular formula is C20H27N5O3. The van der Waals surface area contributed by atoms with Gasteiger partial charge < -0.3 is 14.4 Å². The van der Waals surface area contributed by atoms with E-state index in [4.69, 9.17) is 9.47 Å². The fourth-order valence-corrected chi connectivity index (χ4v) is 3.63. The van der Waals surface area contributed by atoms with Gasteiger partial charge in [-0.25, -0.2) is 4.68 Å². The highest BCUT2D eigenvalue weighted by Crippen LogP contribution is 2.14. The summed E-state index contributed by atoms with van der Waals surface area (Å²) >= 11 is 0. The van der Waals surface area contributed by atoms with Gasteiger partial charge in [0.1, 0.15) is 12.4 Å². The summed E-state index contributed by atoms with van der Waals surface area (Å²) < 4.78 is 13.1. The molecule has 8 nitrogen and oxygen atoms in total. The van der Waals surface area contributed by atoms with E-state index in [1.807, 2.05) is 35.2 Å². The number of hydrogen-bond acceptors (Lipinski definition) is 6. The number of piperazine rings is 1. The summed E-state index contributed by atoms with van der Waals surface area (Å²) in [6, 6.07) is 9.84. The molecule has 1 aromatic heterocycles. The van der Waals surface area contributed by atoms with Gasteiger partial charge in [0.05, 0.1) is 18.8 Å². The minimum atomic E-state index is -0.0428. The molecule has 2 saturated heterocycles. The third-order valence-corrected chi connectivity index (χ3v) is 5.25. The zero-order valence-electron chi connectivity index (χ0n) is 16.1. The normalized spacial score (nSPS) is 20.4. The van der Waals surface area contributed by atoms with E-state index in [0.717, 1.165) is 44.8 Å². The second-order valence-electron chi connectivity index (χ2n) is 7.26. The summed E-state index contributed by atoms with van der Waals surface area (Å²) in [5, 5.41) is 8.16. The standard InChI is InChI=1S/C20H27N5O3/c26-20(19-16-25(22-21-19)15-18-7-4-13-27-18)24-10-8-23(9-11-24)12-14-28-17-5-2-1-3-6-17/h1-3,5-6,16,18H,4,7-15H2. The monoisotopic (exact) mass is 385 g/mol. The van der Waals surface area contributed by atoms with Crippen molar-refractivity contribution in [2.75, 3.05) is 45.9 Å². The third-order valence-electron chi connectivity index (χ3n) is 5.25. The van der Waals surface area contributed by atoms with Crippen molar-refractivity contribution >= 4 is 5.91 Å². The number of ether oxygens (including phenoxy) is 2. The van der Waals surface area contributed by atoms with Crippen LogP contribution in [0.25, 0.3) is 0 Å². The first-order valence-corrected chi connectivity index (χ1v) is 9.99. The first kappa shape index (κ1) is 18.9. The number of rotatable bonds is 7. The largest absolute Gasteiger partial charge is 0.492 e. The van der Waals surface area contributed by atoms with E-state index in [-0.39, 0.29) is 12.0 Å². The lowest BCUT2D eigenvalue weighted by atomic mass is 10.2. The lowest BCUT2D eigenvalue weighted by Gasteiger charge is -2.34. The number of carbonyl (C=O) groups excluding carboxylic acids is 1. The zero-order valence-corrected chi connectivity index (χ0v) is 16.1. The van der Waals surface area contributed by atoms with Crippen LogP contribution in [-0.2, 0) is 11.3 Å². The molecule has 2 aliphatic rings. The predicted molar refractivity (Wildman–Crippen MR) is 103 cm³/mol. The first-order chi connectivity index (χ1) is 13.8. The van der Waals surface area contributed by atoms with Crippen molar-refractivity contribution in [1.82, 2.24) is 24.8 Å². The van der Waals surface area contributed by atoms with Gasteiger partial charge in [-0.1, -0.05) is 23.4 Å². The van der Waals surface area contributed by atoms with E-state index in [1.165, 1.54) is 0 Å². The number of aromatic nitrogens is 3. The van der Waals surface area contributed by atoms with Crippen molar-refractivity contribution in [3.8, 4) is 5.75 Å². The molecule has 2 aliphatic heterocycles. The summed E-state index contributed by atoms with van der Waals surface area (Å²) in [6.07, 6.45) is 4.06. The minimum absolute atomic E-state index is 0.0428. The number of nitrogens with zero attached hydrogens (tertiary/aromatic N) is 5. The highest BCUT2D eigenvalue weighted by atomic mass is 16.5. The van der Waals surface area contributed by atoms with Gasteiger partial charge in [0.15, 0.2) is 5.69 Å². The summed E-state index contributed by atoms with van der Waals surface area (Å²) in [5.41, 5.74) is 0.416. The van der Waals surface area contributed by atoms with Crippen molar-refractivity contribution in [1.29, 1.82) is 0 Å². The summed E-state index contributed by atoms with van der Waals surface area (Å²) in [6.45, 7) is 6.05. The Hall–Kier alpha value is -2.45. The molecule has 8 heteroatoms. The van der Waals surface area contributed by atoms with Crippen LogP contribution in [0.3, 0.4) is 0 Å². The third kappa shape index (κ3) is 4.88. The zero-order chi connectivity index (χ0) is 19.2. The van der Waals surface area contributed by atoms with Crippen LogP contribution in [0.1, 0.15) is 23.3 Å². The Morgan fingerprint density at radius 2 is 2.00 bits per heavy atom. The fourth-order valence-electron chi connectivity index (χ4n) is 3.63. The van der Waals surface area contributed by atoms with E-state index in [0.29, 0.717) is 31.9 Å². The molecule has 1 amide bonds. The molecule has 2 fully saturated rings. The topological polar surface area (TPSA) is 72.7 Å². The lowest BCUT2D eigenvalue weighted by Crippen LogP contribution is -2.49. The Morgan fingerprint density at radius 3 is 2.75 bits per heavy atom. The van der Waals surface area contributed by atoms with Crippen LogP contribution in [0, 0.1) is 0 Å². The van der Waals surface area contributed by atoms with Crippen molar-refractivity contribution in [3.63, 3.8) is 0 Å². The van der Waals surface area contributed by atoms with Gasteiger partial charge in [-0.15, -0.1) is 5.10 Å². The molecule has 0 spiro atoms. The Morgan fingerprint density at radius 1 is 1.18 bits per heavy atom. The molecule has 4 rings (SSSR count). The molecule has 150 valence electrons. The number of carbonyl (C=O) groups is 1. The highest BCUT2D eigenvalue weighted by Gasteiger charge is 2.25. The molecule has 0 bridgehead atoms. The van der Waals surface area contributed by atoms with Crippen molar-refractivity contribution in [2.45, 2.75) is 25.5 Å². The van der Waals surface area contributed by atoms with Gasteiger partial charge in [0.25, 0.3) is 5.91 Å². The van der Waals surface area contributed by atoms with Gasteiger partial charge >= 0.3 is 0 Å². The number of amides is 1. The van der Waals surface area contributed by atoms with Crippen molar-refractivity contribution < 1.29 is 14.3 Å². The number of benzene rings is 1. The van der Waals surface area contributed by atoms with Crippen LogP contribution < -0.4 is 4.74 Å². The van der Waals surface area contributed by atoms with Crippen LogP contribution in [0.5, 0.6) is 5.75 Å². The van der Waals surface area contributed by atoms with Crippen molar-refractivity contribution in [3.05, 3.63) is 42.2 Å². The van der Waals surface area contributed by atoms with E-state index in [9.17, 15) is 4.79 Å². The Balaban J connectivity index is 1.20. The second-order valence-corrected chi connectivity index (χ2v) is 7.26. The van der Waals surface area contributed by atoms with Crippen LogP contribution in [-0.4, -0.2) is 82.7 Å². The van der Waals surface area contributed by atoms with Crippen LogP contribution in [0.4, 0.5) is 0 Å². The van der Waals surface area contributed by atoms with E-state index in [2.05, 4.69) is 15.2 Å². The lowest BCUT2D eigenvalue weighted by molar-refractivity contribution is 0.0614. The second kappa shape index (κ2) is 9.16. The van der Waals surface area contributed by atoms with E-state index < -0.39 is 0 Å². The molecule has 0 N–H and O–H groups in total. The van der Waals surface area contributed by atoms with Crippen LogP contribution in [0.2, 0.25) is 0 Å². The van der Waals surface area contributed by atoms with Gasteiger partial charge in [-0.2, -0.15) is 0 Å². The fraction of sp³-hybridized carbons (Fsp3) is 0.550. The summed E-state index contributed by atoms with van der Waals surface area (Å²) in [4.78, 5) is 16.9. The highest BCUT2D eigenvalue weighted by molar-refractivity contribution is 5.92. The maximum atomic E-state index is 12.7. The minimum Gasteiger partial charge on any atom is -0.492 e. The maximum Gasteiger partial charge on any atom is 0.276 e. The van der Waals surface area contributed by atoms with Gasteiger partial charge in [-0.05, 0) is 25.0 Å².